The van der Waals surface area contributed by atoms with Gasteiger partial charge in [-0.2, -0.15) is 0 Å². The van der Waals surface area contributed by atoms with Crippen LogP contribution in [0.3, 0.4) is 0 Å². The lowest BCUT2D eigenvalue weighted by atomic mass is 9.92. The lowest BCUT2D eigenvalue weighted by Crippen LogP contribution is -2.58. The van der Waals surface area contributed by atoms with Crippen molar-refractivity contribution >= 4 is 11.6 Å². The van der Waals surface area contributed by atoms with E-state index in [-0.39, 0.29) is 6.61 Å². The van der Waals surface area contributed by atoms with E-state index >= 15 is 0 Å². The van der Waals surface area contributed by atoms with Crippen molar-refractivity contribution in [1.29, 1.82) is 0 Å². The van der Waals surface area contributed by atoms with E-state index < -0.39 is 30.5 Å². The Kier molecular flexibility index (Phi) is 6.62. The summed E-state index contributed by atoms with van der Waals surface area (Å²) in [6.07, 6.45) is -1.91. The molecule has 0 aliphatic carbocycles. The van der Waals surface area contributed by atoms with E-state index in [2.05, 4.69) is 0 Å². The summed E-state index contributed by atoms with van der Waals surface area (Å²) in [5.41, 5.74) is 1.19. The molecule has 1 aliphatic heterocycles. The van der Waals surface area contributed by atoms with Gasteiger partial charge in [0, 0.05) is 5.02 Å². The molecule has 0 spiro atoms. The minimum Gasteiger partial charge on any atom is -0.394 e. The van der Waals surface area contributed by atoms with Crippen LogP contribution < -0.4 is 0 Å². The van der Waals surface area contributed by atoms with Crippen LogP contribution in [0.25, 0.3) is 0 Å². The summed E-state index contributed by atoms with van der Waals surface area (Å²) >= 11 is 5.83. The van der Waals surface area contributed by atoms with Crippen molar-refractivity contribution in [3.63, 3.8) is 0 Å². The van der Waals surface area contributed by atoms with Gasteiger partial charge in [0.15, 0.2) is 0 Å². The van der Waals surface area contributed by atoms with Gasteiger partial charge in [0.2, 0.25) is 0 Å². The molecule has 0 radical (unpaired) electrons. The molecule has 5 nitrogen and oxygen atoms in total. The second-order valence-corrected chi connectivity index (χ2v) is 6.18. The van der Waals surface area contributed by atoms with Gasteiger partial charge in [0.25, 0.3) is 0 Å². The molecule has 4 N–H and O–H groups in total. The van der Waals surface area contributed by atoms with Crippen LogP contribution >= 0.6 is 11.6 Å². The molecular weight excluding hydrogens is 308 g/mol. The molecule has 1 unspecified atom stereocenters. The first-order valence-electron chi connectivity index (χ1n) is 7.58. The Morgan fingerprint density at radius 3 is 2.18 bits per heavy atom. The van der Waals surface area contributed by atoms with Crippen molar-refractivity contribution in [2.24, 2.45) is 0 Å². The minimum absolute atomic E-state index is 0.383. The zero-order valence-corrected chi connectivity index (χ0v) is 13.1. The Hall–Kier alpha value is -0.690. The number of aryl methyl sites for hydroxylation is 1. The first-order valence-corrected chi connectivity index (χ1v) is 7.95. The predicted octanol–water partition coefficient (Wildman–Crippen LogP) is 0.895. The number of hydrogen-bond acceptors (Lipinski definition) is 5. The van der Waals surface area contributed by atoms with Gasteiger partial charge in [-0.3, -0.25) is 0 Å². The quantitative estimate of drug-likeness (QED) is 0.582. The summed E-state index contributed by atoms with van der Waals surface area (Å²) in [4.78, 5) is 0. The van der Waals surface area contributed by atoms with Gasteiger partial charge in [0.1, 0.15) is 24.4 Å². The van der Waals surface area contributed by atoms with Gasteiger partial charge in [-0.25, -0.2) is 0 Å². The summed E-state index contributed by atoms with van der Waals surface area (Å²) in [5.74, 6) is 0. The summed E-state index contributed by atoms with van der Waals surface area (Å²) in [6.45, 7) is -0.383. The average molecular weight is 331 g/mol. The highest BCUT2D eigenvalue weighted by atomic mass is 35.5. The van der Waals surface area contributed by atoms with E-state index in [4.69, 9.17) is 21.4 Å². The SMILES string of the molecule is OC[C@H]1OC(CCCCc2ccc(Cl)cc2)[C@H](O)[C@@H](O)[C@@H]1O. The third-order valence-electron chi connectivity index (χ3n) is 4.11. The Morgan fingerprint density at radius 1 is 0.909 bits per heavy atom. The molecule has 2 rings (SSSR count). The number of rotatable bonds is 6. The van der Waals surface area contributed by atoms with E-state index in [1.54, 1.807) is 0 Å². The number of benzene rings is 1. The number of hydrogen-bond donors (Lipinski definition) is 4. The number of aliphatic hydroxyl groups is 4. The Bertz CT molecular complexity index is 450. The minimum atomic E-state index is -1.29. The molecule has 0 bridgehead atoms. The normalized spacial score (nSPS) is 32.1. The smallest absolute Gasteiger partial charge is 0.111 e. The Balaban J connectivity index is 1.77. The molecule has 1 aliphatic rings. The van der Waals surface area contributed by atoms with Gasteiger partial charge >= 0.3 is 0 Å². The van der Waals surface area contributed by atoms with Crippen LogP contribution in [0.15, 0.2) is 24.3 Å². The van der Waals surface area contributed by atoms with E-state index in [0.717, 1.165) is 19.3 Å². The van der Waals surface area contributed by atoms with Crippen molar-refractivity contribution in [2.75, 3.05) is 6.61 Å². The number of ether oxygens (including phenoxy) is 1. The molecule has 5 atom stereocenters. The fourth-order valence-corrected chi connectivity index (χ4v) is 2.87. The monoisotopic (exact) mass is 330 g/mol. The fourth-order valence-electron chi connectivity index (χ4n) is 2.74. The molecule has 1 aromatic carbocycles. The largest absolute Gasteiger partial charge is 0.394 e. The molecular formula is C16H23ClO5. The van der Waals surface area contributed by atoms with E-state index in [1.807, 2.05) is 24.3 Å². The Labute approximate surface area is 135 Å². The van der Waals surface area contributed by atoms with Crippen LogP contribution in [-0.4, -0.2) is 57.6 Å². The fraction of sp³-hybridized carbons (Fsp3) is 0.625. The topological polar surface area (TPSA) is 90.2 Å². The van der Waals surface area contributed by atoms with Crippen molar-refractivity contribution < 1.29 is 25.2 Å². The second kappa shape index (κ2) is 8.24. The number of aliphatic hydroxyl groups excluding tert-OH is 4. The molecule has 1 aromatic rings. The van der Waals surface area contributed by atoms with Gasteiger partial charge in [-0.05, 0) is 37.0 Å². The van der Waals surface area contributed by atoms with E-state index in [1.165, 1.54) is 5.56 Å². The summed E-state index contributed by atoms with van der Waals surface area (Å²) in [5, 5.41) is 39.2. The van der Waals surface area contributed by atoms with E-state index in [0.29, 0.717) is 11.4 Å². The third kappa shape index (κ3) is 4.41. The zero-order chi connectivity index (χ0) is 16.1. The summed E-state index contributed by atoms with van der Waals surface area (Å²) in [7, 11) is 0. The number of halogens is 1. The predicted molar refractivity (Wildman–Crippen MR) is 82.8 cm³/mol. The van der Waals surface area contributed by atoms with Crippen LogP contribution in [0.2, 0.25) is 5.02 Å². The van der Waals surface area contributed by atoms with Crippen LogP contribution in [0.4, 0.5) is 0 Å². The molecule has 0 aromatic heterocycles. The molecule has 6 heteroatoms. The third-order valence-corrected chi connectivity index (χ3v) is 4.36. The molecule has 1 saturated heterocycles. The maximum Gasteiger partial charge on any atom is 0.111 e. The van der Waals surface area contributed by atoms with Crippen LogP contribution in [0.1, 0.15) is 24.8 Å². The van der Waals surface area contributed by atoms with Crippen molar-refractivity contribution in [2.45, 2.75) is 56.2 Å². The van der Waals surface area contributed by atoms with Crippen LogP contribution in [0.5, 0.6) is 0 Å². The second-order valence-electron chi connectivity index (χ2n) is 5.74. The molecule has 1 heterocycles. The molecule has 1 fully saturated rings. The molecule has 0 amide bonds. The van der Waals surface area contributed by atoms with Crippen molar-refractivity contribution in [3.8, 4) is 0 Å². The van der Waals surface area contributed by atoms with Crippen LogP contribution in [0, 0.1) is 0 Å². The van der Waals surface area contributed by atoms with Crippen molar-refractivity contribution in [1.82, 2.24) is 0 Å². The van der Waals surface area contributed by atoms with Crippen molar-refractivity contribution in [3.05, 3.63) is 34.9 Å². The van der Waals surface area contributed by atoms with Gasteiger partial charge in [-0.15, -0.1) is 0 Å². The molecule has 124 valence electrons. The van der Waals surface area contributed by atoms with E-state index in [9.17, 15) is 15.3 Å². The maximum atomic E-state index is 9.94. The average Bonchev–Trinajstić information content (AvgIpc) is 2.53. The van der Waals surface area contributed by atoms with Gasteiger partial charge in [-0.1, -0.05) is 30.2 Å². The van der Waals surface area contributed by atoms with Gasteiger partial charge in [0.05, 0.1) is 12.7 Å². The standard InChI is InChI=1S/C16H23ClO5/c17-11-7-5-10(6-8-11)3-1-2-4-12-14(19)16(21)15(20)13(9-18)22-12/h5-8,12-16,18-21H,1-4,9H2/t12?,13-,14+,15-,16-/m1/s1. The lowest BCUT2D eigenvalue weighted by Gasteiger charge is -2.40. The summed E-state index contributed by atoms with van der Waals surface area (Å²) < 4.78 is 5.47. The Morgan fingerprint density at radius 2 is 1.55 bits per heavy atom. The highest BCUT2D eigenvalue weighted by molar-refractivity contribution is 6.30. The highest BCUT2D eigenvalue weighted by Crippen LogP contribution is 2.24. The summed E-state index contributed by atoms with van der Waals surface area (Å²) in [6, 6.07) is 7.68. The van der Waals surface area contributed by atoms with Gasteiger partial charge < -0.3 is 25.2 Å². The number of unbranched alkanes of at least 4 members (excludes halogenated alkanes) is 1. The highest BCUT2D eigenvalue weighted by Gasteiger charge is 2.42. The maximum absolute atomic E-state index is 9.94. The first kappa shape index (κ1) is 17.7. The molecule has 22 heavy (non-hydrogen) atoms. The first-order chi connectivity index (χ1) is 10.5. The lowest BCUT2D eigenvalue weighted by molar-refractivity contribution is -0.230. The molecule has 0 saturated carbocycles. The zero-order valence-electron chi connectivity index (χ0n) is 12.3. The van der Waals surface area contributed by atoms with Crippen LogP contribution in [-0.2, 0) is 11.2 Å².